The molecule has 168 valence electrons. The normalized spacial score (nSPS) is 10.4. The van der Waals surface area contributed by atoms with Gasteiger partial charge in [0.1, 0.15) is 5.82 Å². The number of nitrogens with one attached hydrogen (secondary N) is 1. The summed E-state index contributed by atoms with van der Waals surface area (Å²) >= 11 is 0. The number of pyridine rings is 1. The third kappa shape index (κ3) is 12.3. The molecule has 0 aliphatic carbocycles. The number of aliphatic carboxylic acids is 2. The van der Waals surface area contributed by atoms with Gasteiger partial charge in [0.2, 0.25) is 5.89 Å². The first-order valence-corrected chi connectivity index (χ1v) is 8.66. The van der Waals surface area contributed by atoms with Crippen LogP contribution in [0.2, 0.25) is 0 Å². The molecule has 9 nitrogen and oxygen atoms in total. The van der Waals surface area contributed by atoms with Gasteiger partial charge in [0, 0.05) is 32.0 Å². The van der Waals surface area contributed by atoms with Crippen LogP contribution in [0.4, 0.5) is 19.0 Å². The minimum Gasteiger partial charge on any atom is -0.481 e. The van der Waals surface area contributed by atoms with Crippen molar-refractivity contribution in [3.05, 3.63) is 36.1 Å². The number of carboxylic acids is 2. The molecule has 30 heavy (non-hydrogen) atoms. The number of hydrogen-bond acceptors (Lipinski definition) is 7. The Bertz CT molecular complexity index is 754. The van der Waals surface area contributed by atoms with Gasteiger partial charge >= 0.3 is 18.1 Å². The summed E-state index contributed by atoms with van der Waals surface area (Å²) in [5.41, 5.74) is 0. The van der Waals surface area contributed by atoms with Crippen LogP contribution in [0.1, 0.15) is 44.8 Å². The van der Waals surface area contributed by atoms with E-state index in [-0.39, 0.29) is 13.8 Å². The molecule has 2 rings (SSSR count). The Morgan fingerprint density at radius 2 is 1.80 bits per heavy atom. The van der Waals surface area contributed by atoms with Crippen LogP contribution in [-0.2, 0) is 22.4 Å². The first kappa shape index (κ1) is 26.8. The molecular formula is C18H25F3N4O5. The van der Waals surface area contributed by atoms with Gasteiger partial charge in [-0.3, -0.25) is 4.79 Å². The number of aromatic nitrogens is 3. The Morgan fingerprint density at radius 3 is 2.37 bits per heavy atom. The van der Waals surface area contributed by atoms with E-state index in [1.54, 1.807) is 6.20 Å². The summed E-state index contributed by atoms with van der Waals surface area (Å²) in [7, 11) is 0. The number of alkyl halides is 3. The van der Waals surface area contributed by atoms with Crippen molar-refractivity contribution in [3.8, 4) is 0 Å². The number of carbonyl (C=O) groups is 2. The third-order valence-corrected chi connectivity index (χ3v) is 3.33. The summed E-state index contributed by atoms with van der Waals surface area (Å²) in [6, 6.07) is 5.76. The molecule has 3 N–H and O–H groups in total. The molecule has 0 amide bonds. The summed E-state index contributed by atoms with van der Waals surface area (Å²) in [6.45, 7) is 0.848. The minimum atomic E-state index is -5.08. The van der Waals surface area contributed by atoms with Crippen molar-refractivity contribution >= 4 is 17.8 Å². The molecule has 0 atom stereocenters. The Labute approximate surface area is 171 Å². The number of anilines is 1. The van der Waals surface area contributed by atoms with E-state index in [1.807, 2.05) is 18.2 Å². The lowest BCUT2D eigenvalue weighted by molar-refractivity contribution is -0.192. The summed E-state index contributed by atoms with van der Waals surface area (Å²) < 4.78 is 36.8. The van der Waals surface area contributed by atoms with E-state index in [1.165, 1.54) is 0 Å². The maximum absolute atomic E-state index is 10.6. The fraction of sp³-hybridized carbons (Fsp3) is 0.500. The van der Waals surface area contributed by atoms with Crippen molar-refractivity contribution in [3.63, 3.8) is 0 Å². The zero-order chi connectivity index (χ0) is 21.7. The van der Waals surface area contributed by atoms with Crippen molar-refractivity contribution in [2.75, 3.05) is 11.9 Å². The second-order valence-corrected chi connectivity index (χ2v) is 5.75. The third-order valence-electron chi connectivity index (χ3n) is 3.33. The molecule has 0 aliphatic rings. The zero-order valence-corrected chi connectivity index (χ0v) is 15.4. The average Bonchev–Trinajstić information content (AvgIpc) is 3.09. The highest BCUT2D eigenvalue weighted by Crippen LogP contribution is 2.13. The van der Waals surface area contributed by atoms with Crippen LogP contribution >= 0.6 is 0 Å². The number of rotatable bonds is 10. The van der Waals surface area contributed by atoms with Gasteiger partial charge in [-0.15, -0.1) is 0 Å². The van der Waals surface area contributed by atoms with Gasteiger partial charge in [-0.05, 0) is 31.4 Å². The number of halogens is 3. The predicted molar refractivity (Wildman–Crippen MR) is 101 cm³/mol. The highest BCUT2D eigenvalue weighted by atomic mass is 19.4. The van der Waals surface area contributed by atoms with E-state index in [4.69, 9.17) is 19.5 Å². The maximum atomic E-state index is 10.6. The smallest absolute Gasteiger partial charge is 0.481 e. The van der Waals surface area contributed by atoms with E-state index >= 15 is 0 Å². The summed E-state index contributed by atoms with van der Waals surface area (Å²) in [4.78, 5) is 27.8. The van der Waals surface area contributed by atoms with Gasteiger partial charge in [0.05, 0.1) is 0 Å². The number of carboxylic acid groups (broad SMARTS) is 2. The molecule has 0 saturated carbocycles. The van der Waals surface area contributed by atoms with Crippen LogP contribution in [0.5, 0.6) is 0 Å². The minimum absolute atomic E-state index is 0. The van der Waals surface area contributed by atoms with Gasteiger partial charge in [-0.1, -0.05) is 18.6 Å². The van der Waals surface area contributed by atoms with Crippen molar-refractivity contribution in [2.24, 2.45) is 0 Å². The largest absolute Gasteiger partial charge is 0.490 e. The maximum Gasteiger partial charge on any atom is 0.490 e. The molecule has 2 aromatic heterocycles. The molecule has 0 unspecified atom stereocenters. The first-order chi connectivity index (χ1) is 13.7. The molecule has 2 aromatic rings. The lowest BCUT2D eigenvalue weighted by atomic mass is 10.2. The molecule has 0 fully saturated rings. The van der Waals surface area contributed by atoms with Crippen LogP contribution < -0.4 is 5.32 Å². The quantitative estimate of drug-likeness (QED) is 0.479. The lowest BCUT2D eigenvalue weighted by Crippen LogP contribution is -2.21. The number of aryl methyl sites for hydroxylation is 2. The van der Waals surface area contributed by atoms with Crippen LogP contribution in [0.15, 0.2) is 28.9 Å². The summed E-state index contributed by atoms with van der Waals surface area (Å²) in [5.74, 6) is -1.48. The molecule has 0 radical (unpaired) electrons. The van der Waals surface area contributed by atoms with E-state index in [9.17, 15) is 18.0 Å². The molecule has 0 saturated heterocycles. The van der Waals surface area contributed by atoms with Crippen LogP contribution in [0.25, 0.3) is 0 Å². The van der Waals surface area contributed by atoms with Crippen molar-refractivity contribution in [2.45, 2.75) is 52.1 Å². The summed E-state index contributed by atoms with van der Waals surface area (Å²) in [5, 5.41) is 22.8. The SMILES string of the molecule is C.O=C(O)C(F)(F)F.O=C(O)CCCc1nc(CCCCNc2ccccn2)no1. The zero-order valence-electron chi connectivity index (χ0n) is 15.4. The number of nitrogens with zero attached hydrogens (tertiary/aromatic N) is 3. The number of hydrogen-bond donors (Lipinski definition) is 3. The molecule has 12 heteroatoms. The van der Waals surface area contributed by atoms with Gasteiger partial charge in [-0.25, -0.2) is 9.78 Å². The van der Waals surface area contributed by atoms with Crippen LogP contribution in [-0.4, -0.2) is 50.0 Å². The topological polar surface area (TPSA) is 138 Å². The standard InChI is InChI=1S/C15H20N4O3.C2HF3O2.CH4/c20-15(21)9-5-8-14-18-13(19-22-14)7-2-4-11-17-12-6-1-3-10-16-12;3-2(4,5)1(6)7;/h1,3,6,10H,2,4-5,7-9,11H2,(H,16,17)(H,20,21);(H,6,7);1H4. The molecule has 0 bridgehead atoms. The van der Waals surface area contributed by atoms with Gasteiger partial charge in [0.25, 0.3) is 0 Å². The molecule has 2 heterocycles. The predicted octanol–water partition coefficient (Wildman–Crippen LogP) is 3.58. The number of unbranched alkanes of at least 4 members (excludes halogenated alkanes) is 1. The van der Waals surface area contributed by atoms with Crippen molar-refractivity contribution in [1.82, 2.24) is 15.1 Å². The van der Waals surface area contributed by atoms with Gasteiger partial charge in [0.15, 0.2) is 5.82 Å². The van der Waals surface area contributed by atoms with Gasteiger partial charge in [-0.2, -0.15) is 18.2 Å². The Hall–Kier alpha value is -3.18. The molecule has 0 spiro atoms. The van der Waals surface area contributed by atoms with Crippen LogP contribution in [0.3, 0.4) is 0 Å². The second-order valence-electron chi connectivity index (χ2n) is 5.75. The second kappa shape index (κ2) is 13.9. The molecule has 0 aromatic carbocycles. The van der Waals surface area contributed by atoms with E-state index in [0.717, 1.165) is 31.6 Å². The molecule has 0 aliphatic heterocycles. The highest BCUT2D eigenvalue weighted by molar-refractivity contribution is 5.73. The van der Waals surface area contributed by atoms with E-state index in [2.05, 4.69) is 20.4 Å². The first-order valence-electron chi connectivity index (χ1n) is 8.66. The Balaban J connectivity index is 0.000000909. The summed E-state index contributed by atoms with van der Waals surface area (Å²) in [6.07, 6.45) is 0.523. The monoisotopic (exact) mass is 434 g/mol. The van der Waals surface area contributed by atoms with Crippen molar-refractivity contribution in [1.29, 1.82) is 0 Å². The lowest BCUT2D eigenvalue weighted by Gasteiger charge is -2.03. The van der Waals surface area contributed by atoms with E-state index in [0.29, 0.717) is 24.6 Å². The van der Waals surface area contributed by atoms with Gasteiger partial charge < -0.3 is 20.1 Å². The fourth-order valence-electron chi connectivity index (χ4n) is 1.98. The Morgan fingerprint density at radius 1 is 1.10 bits per heavy atom. The average molecular weight is 434 g/mol. The Kier molecular flexibility index (Phi) is 12.4. The van der Waals surface area contributed by atoms with Crippen molar-refractivity contribution < 1.29 is 37.5 Å². The highest BCUT2D eigenvalue weighted by Gasteiger charge is 2.38. The van der Waals surface area contributed by atoms with E-state index < -0.39 is 18.1 Å². The fourth-order valence-corrected chi connectivity index (χ4v) is 1.98. The van der Waals surface area contributed by atoms with Crippen LogP contribution in [0, 0.1) is 0 Å². The molecular weight excluding hydrogens is 409 g/mol.